The summed E-state index contributed by atoms with van der Waals surface area (Å²) < 4.78 is 44.4. The summed E-state index contributed by atoms with van der Waals surface area (Å²) in [6, 6.07) is 12.6. The number of para-hydroxylation sites is 1. The number of nitrogens with zero attached hydrogens (tertiary/aromatic N) is 1. The van der Waals surface area contributed by atoms with Crippen molar-refractivity contribution in [2.45, 2.75) is 13.1 Å². The van der Waals surface area contributed by atoms with Crippen LogP contribution >= 0.6 is 24.0 Å². The van der Waals surface area contributed by atoms with Crippen molar-refractivity contribution in [2.24, 2.45) is 0 Å². The zero-order valence-corrected chi connectivity index (χ0v) is 20.1. The highest BCUT2D eigenvalue weighted by molar-refractivity contribution is 8.26. The second-order valence-corrected chi connectivity index (χ2v) is 9.05. The van der Waals surface area contributed by atoms with E-state index < -0.39 is 17.7 Å². The Kier molecular flexibility index (Phi) is 8.03. The van der Waals surface area contributed by atoms with Crippen LogP contribution < -0.4 is 9.64 Å². The van der Waals surface area contributed by atoms with Gasteiger partial charge in [0.1, 0.15) is 11.3 Å². The molecule has 3 rings (SSSR count). The number of anilines is 1. The van der Waals surface area contributed by atoms with Crippen molar-refractivity contribution in [3.05, 3.63) is 76.3 Å². The molecule has 0 saturated carbocycles. The number of allylic oxidation sites excluding steroid dienone is 1. The van der Waals surface area contributed by atoms with Gasteiger partial charge in [0, 0.05) is 17.0 Å². The third-order valence-electron chi connectivity index (χ3n) is 4.81. The summed E-state index contributed by atoms with van der Waals surface area (Å²) in [5, 5.41) is 9.38. The van der Waals surface area contributed by atoms with Crippen molar-refractivity contribution < 1.29 is 32.6 Å². The number of methoxy groups -OCH3 is 1. The molecule has 0 radical (unpaired) electrons. The number of halogens is 3. The van der Waals surface area contributed by atoms with E-state index in [-0.39, 0.29) is 21.3 Å². The van der Waals surface area contributed by atoms with Crippen LogP contribution in [0.5, 0.6) is 5.75 Å². The lowest BCUT2D eigenvalue weighted by Gasteiger charge is -2.19. The molecule has 2 aromatic carbocycles. The fourth-order valence-corrected chi connectivity index (χ4v) is 4.52. The van der Waals surface area contributed by atoms with Crippen LogP contribution in [-0.2, 0) is 11.0 Å². The number of carbonyl (C=O) groups is 2. The van der Waals surface area contributed by atoms with Gasteiger partial charge in [-0.1, -0.05) is 36.1 Å². The Balaban J connectivity index is 1.81. The maximum atomic E-state index is 13.0. The molecule has 0 saturated heterocycles. The molecule has 0 unspecified atom stereocenters. The maximum absolute atomic E-state index is 13.0. The quantitative estimate of drug-likeness (QED) is 0.275. The largest absolute Gasteiger partial charge is 0.495 e. The van der Waals surface area contributed by atoms with Crippen LogP contribution in [0.1, 0.15) is 28.5 Å². The minimum absolute atomic E-state index is 0.00712. The number of aromatic carboxylic acids is 1. The van der Waals surface area contributed by atoms with E-state index in [0.717, 1.165) is 28.8 Å². The van der Waals surface area contributed by atoms with Gasteiger partial charge in [-0.05, 0) is 60.4 Å². The normalized spacial score (nSPS) is 11.7. The molecule has 0 aliphatic heterocycles. The zero-order valence-electron chi connectivity index (χ0n) is 18.4. The Bertz CT molecular complexity index is 1300. The predicted molar refractivity (Wildman–Crippen MR) is 134 cm³/mol. The summed E-state index contributed by atoms with van der Waals surface area (Å²) in [6.07, 6.45) is -2.44. The van der Waals surface area contributed by atoms with Crippen LogP contribution in [0.2, 0.25) is 0 Å². The summed E-state index contributed by atoms with van der Waals surface area (Å²) in [4.78, 5) is 27.9. The van der Waals surface area contributed by atoms with E-state index in [1.807, 2.05) is 0 Å². The lowest BCUT2D eigenvalue weighted by molar-refractivity contribution is -0.137. The standard InChI is InChI=1S/C24H19F3N2O4S2/c1-14(35-23(34)29(13-30)17-6-3-5-15(12-17)24(25,26)27)11-16-9-10-20(28-16)18-7-4-8-19(22(31)32)21(18)33-2/h3-13,28H,1-2H3,(H,31,32)/b14-11-. The molecular formula is C24H19F3N2O4S2. The topological polar surface area (TPSA) is 82.6 Å². The molecule has 182 valence electrons. The number of aromatic nitrogens is 1. The number of H-pyrrole nitrogens is 1. The number of carboxylic acids is 1. The molecule has 11 heteroatoms. The number of alkyl halides is 3. The Morgan fingerprint density at radius 2 is 1.89 bits per heavy atom. The Morgan fingerprint density at radius 3 is 2.51 bits per heavy atom. The highest BCUT2D eigenvalue weighted by atomic mass is 32.2. The van der Waals surface area contributed by atoms with Crippen LogP contribution in [0.15, 0.2) is 59.5 Å². The second kappa shape index (κ2) is 10.8. The molecule has 0 aliphatic rings. The number of thioether (sulfide) groups is 1. The summed E-state index contributed by atoms with van der Waals surface area (Å²) in [5.74, 6) is -0.899. The van der Waals surface area contributed by atoms with Gasteiger partial charge in [0.15, 0.2) is 4.32 Å². The van der Waals surface area contributed by atoms with Crippen molar-refractivity contribution in [3.8, 4) is 17.0 Å². The van der Waals surface area contributed by atoms with E-state index in [1.165, 1.54) is 25.3 Å². The summed E-state index contributed by atoms with van der Waals surface area (Å²) >= 11 is 6.33. The molecule has 0 atom stereocenters. The minimum Gasteiger partial charge on any atom is -0.495 e. The first-order valence-electron chi connectivity index (χ1n) is 9.96. The van der Waals surface area contributed by atoms with Gasteiger partial charge >= 0.3 is 12.1 Å². The van der Waals surface area contributed by atoms with Crippen molar-refractivity contribution in [3.63, 3.8) is 0 Å². The number of hydrogen-bond acceptors (Lipinski definition) is 5. The average molecular weight is 521 g/mol. The van der Waals surface area contributed by atoms with Crippen LogP contribution in [0.4, 0.5) is 18.9 Å². The first-order chi connectivity index (χ1) is 16.5. The highest BCUT2D eigenvalue weighted by Gasteiger charge is 2.31. The minimum atomic E-state index is -4.55. The molecule has 2 N–H and O–H groups in total. The molecule has 0 spiro atoms. The van der Waals surface area contributed by atoms with Gasteiger partial charge in [-0.15, -0.1) is 0 Å². The Hall–Kier alpha value is -3.57. The molecule has 1 heterocycles. The number of amides is 1. The monoisotopic (exact) mass is 520 g/mol. The second-order valence-electron chi connectivity index (χ2n) is 7.17. The lowest BCUT2D eigenvalue weighted by Crippen LogP contribution is -2.25. The van der Waals surface area contributed by atoms with E-state index >= 15 is 0 Å². The third kappa shape index (κ3) is 6.11. The van der Waals surface area contributed by atoms with Gasteiger partial charge in [-0.3, -0.25) is 9.69 Å². The number of aromatic amines is 1. The number of benzene rings is 2. The molecule has 1 aromatic heterocycles. The number of rotatable bonds is 7. The van der Waals surface area contributed by atoms with E-state index in [2.05, 4.69) is 4.98 Å². The molecule has 0 aliphatic carbocycles. The fraction of sp³-hybridized carbons (Fsp3) is 0.125. The summed E-state index contributed by atoms with van der Waals surface area (Å²) in [6.45, 7) is 1.73. The van der Waals surface area contributed by atoms with Crippen molar-refractivity contribution in [1.82, 2.24) is 4.98 Å². The van der Waals surface area contributed by atoms with Crippen molar-refractivity contribution in [2.75, 3.05) is 12.0 Å². The van der Waals surface area contributed by atoms with E-state index in [1.54, 1.807) is 37.3 Å². The fourth-order valence-electron chi connectivity index (χ4n) is 3.27. The third-order valence-corrected chi connectivity index (χ3v) is 6.07. The SMILES string of the molecule is COc1c(C(=O)O)cccc1-c1ccc(/C=C(/C)SC(=S)N(C=O)c2cccc(C(F)(F)F)c2)[nH]1. The van der Waals surface area contributed by atoms with Gasteiger partial charge in [-0.2, -0.15) is 13.2 Å². The number of hydrogen-bond donors (Lipinski definition) is 2. The Morgan fingerprint density at radius 1 is 1.17 bits per heavy atom. The number of ether oxygens (including phenoxy) is 1. The van der Waals surface area contributed by atoms with Crippen LogP contribution in [0, 0.1) is 0 Å². The van der Waals surface area contributed by atoms with E-state index in [4.69, 9.17) is 17.0 Å². The first-order valence-corrected chi connectivity index (χ1v) is 11.2. The smallest absolute Gasteiger partial charge is 0.416 e. The van der Waals surface area contributed by atoms with Gasteiger partial charge in [0.25, 0.3) is 0 Å². The molecular weight excluding hydrogens is 501 g/mol. The van der Waals surface area contributed by atoms with Gasteiger partial charge in [-0.25, -0.2) is 4.79 Å². The van der Waals surface area contributed by atoms with Crippen LogP contribution in [-0.4, -0.2) is 33.9 Å². The average Bonchev–Trinajstić information content (AvgIpc) is 3.26. The number of carboxylic acid groups (broad SMARTS) is 1. The molecule has 3 aromatic rings. The first kappa shape index (κ1) is 26.0. The summed E-state index contributed by atoms with van der Waals surface area (Å²) in [7, 11) is 1.39. The van der Waals surface area contributed by atoms with Gasteiger partial charge in [0.05, 0.1) is 18.4 Å². The molecule has 0 fully saturated rings. The predicted octanol–water partition coefficient (Wildman–Crippen LogP) is 6.45. The van der Waals surface area contributed by atoms with Crippen molar-refractivity contribution >= 4 is 52.4 Å². The summed E-state index contributed by atoms with van der Waals surface area (Å²) in [5.41, 5.74) is 0.986. The van der Waals surface area contributed by atoms with E-state index in [0.29, 0.717) is 28.3 Å². The Labute approximate surface area is 208 Å². The van der Waals surface area contributed by atoms with Crippen LogP contribution in [0.3, 0.4) is 0 Å². The number of thiocarbonyl (C=S) groups is 1. The van der Waals surface area contributed by atoms with Crippen molar-refractivity contribution in [1.29, 1.82) is 0 Å². The van der Waals surface area contributed by atoms with Gasteiger partial charge in [0.2, 0.25) is 6.41 Å². The molecule has 6 nitrogen and oxygen atoms in total. The maximum Gasteiger partial charge on any atom is 0.416 e. The number of carbonyl (C=O) groups excluding carboxylic acids is 1. The molecule has 1 amide bonds. The van der Waals surface area contributed by atoms with Crippen LogP contribution in [0.25, 0.3) is 17.3 Å². The molecule has 35 heavy (non-hydrogen) atoms. The molecule has 0 bridgehead atoms. The zero-order chi connectivity index (χ0) is 25.8. The number of nitrogens with one attached hydrogen (secondary N) is 1. The highest BCUT2D eigenvalue weighted by Crippen LogP contribution is 2.34. The van der Waals surface area contributed by atoms with Gasteiger partial charge < -0.3 is 14.8 Å². The van der Waals surface area contributed by atoms with E-state index in [9.17, 15) is 27.9 Å². The lowest BCUT2D eigenvalue weighted by atomic mass is 10.1.